The van der Waals surface area contributed by atoms with Crippen LogP contribution in [0.15, 0.2) is 18.2 Å². The van der Waals surface area contributed by atoms with Crippen LogP contribution in [0.5, 0.6) is 5.75 Å². The molecule has 1 N–H and O–H groups in total. The number of rotatable bonds is 9. The molecule has 0 unspecified atom stereocenters. The Morgan fingerprint density at radius 2 is 1.85 bits per heavy atom. The summed E-state index contributed by atoms with van der Waals surface area (Å²) in [6.45, 7) is 4.03. The summed E-state index contributed by atoms with van der Waals surface area (Å²) in [7, 11) is 1.38. The molecule has 3 rings (SSSR count). The van der Waals surface area contributed by atoms with E-state index in [0.717, 1.165) is 57.8 Å². The summed E-state index contributed by atoms with van der Waals surface area (Å²) in [5.41, 5.74) is -0.127. The third-order valence-corrected chi connectivity index (χ3v) is 6.95. The fourth-order valence-corrected chi connectivity index (χ4v) is 4.87. The maximum absolute atomic E-state index is 13.2. The summed E-state index contributed by atoms with van der Waals surface area (Å²) in [4.78, 5) is 16.3. The van der Waals surface area contributed by atoms with E-state index in [4.69, 9.17) is 10.00 Å². The molecular formula is C25H35F3N4O2. The van der Waals surface area contributed by atoms with Gasteiger partial charge in [0.05, 0.1) is 18.7 Å². The number of nitriles is 1. The fourth-order valence-electron chi connectivity index (χ4n) is 4.87. The number of anilines is 1. The van der Waals surface area contributed by atoms with E-state index in [1.165, 1.54) is 13.2 Å². The molecule has 0 spiro atoms. The van der Waals surface area contributed by atoms with Gasteiger partial charge in [-0.2, -0.15) is 18.4 Å². The lowest BCUT2D eigenvalue weighted by Gasteiger charge is -2.37. The summed E-state index contributed by atoms with van der Waals surface area (Å²) < 4.78 is 44.8. The molecule has 1 aromatic rings. The highest BCUT2D eigenvalue weighted by atomic mass is 19.4. The number of methoxy groups -OCH3 is 1. The van der Waals surface area contributed by atoms with Crippen LogP contribution in [0, 0.1) is 17.2 Å². The van der Waals surface area contributed by atoms with Gasteiger partial charge in [0.2, 0.25) is 5.91 Å². The van der Waals surface area contributed by atoms with Gasteiger partial charge >= 0.3 is 6.18 Å². The third-order valence-electron chi connectivity index (χ3n) is 6.95. The Labute approximate surface area is 200 Å². The van der Waals surface area contributed by atoms with Crippen LogP contribution in [0.3, 0.4) is 0 Å². The molecule has 188 valence electrons. The molecule has 1 aliphatic heterocycles. The quantitative estimate of drug-likeness (QED) is 0.524. The van der Waals surface area contributed by atoms with Crippen LogP contribution in [-0.4, -0.2) is 56.7 Å². The van der Waals surface area contributed by atoms with Gasteiger partial charge in [0.15, 0.2) is 0 Å². The molecule has 1 amide bonds. The predicted octanol–water partition coefficient (Wildman–Crippen LogP) is 4.59. The second kappa shape index (κ2) is 12.3. The number of hydrogen-bond donors (Lipinski definition) is 1. The highest BCUT2D eigenvalue weighted by Gasteiger charge is 2.32. The van der Waals surface area contributed by atoms with Gasteiger partial charge in [0.1, 0.15) is 5.75 Å². The average molecular weight is 481 g/mol. The van der Waals surface area contributed by atoms with Crippen molar-refractivity contribution in [2.24, 2.45) is 5.92 Å². The Balaban J connectivity index is 1.38. The minimum Gasteiger partial charge on any atom is -0.497 e. The van der Waals surface area contributed by atoms with Crippen molar-refractivity contribution in [2.45, 2.75) is 63.6 Å². The molecule has 9 heteroatoms. The first-order chi connectivity index (χ1) is 16.3. The maximum Gasteiger partial charge on any atom is 0.416 e. The number of benzene rings is 1. The summed E-state index contributed by atoms with van der Waals surface area (Å²) in [5.74, 6) is 0.925. The van der Waals surface area contributed by atoms with Gasteiger partial charge in [-0.15, -0.1) is 0 Å². The predicted molar refractivity (Wildman–Crippen MR) is 125 cm³/mol. The number of nitrogens with zero attached hydrogens (tertiary/aromatic N) is 3. The molecule has 0 radical (unpaired) electrons. The molecule has 0 bridgehead atoms. The molecule has 1 heterocycles. The molecule has 1 saturated carbocycles. The molecule has 1 aromatic carbocycles. The number of unbranched alkanes of at least 4 members (excludes halogenated alkanes) is 1. The van der Waals surface area contributed by atoms with Crippen molar-refractivity contribution in [1.29, 1.82) is 5.26 Å². The summed E-state index contributed by atoms with van der Waals surface area (Å²) in [6, 6.07) is 6.23. The minimum atomic E-state index is -4.40. The number of alkyl halides is 3. The van der Waals surface area contributed by atoms with Crippen LogP contribution in [0.1, 0.15) is 56.9 Å². The Bertz CT molecular complexity index is 840. The summed E-state index contributed by atoms with van der Waals surface area (Å²) in [5, 5.41) is 11.7. The van der Waals surface area contributed by atoms with Crippen molar-refractivity contribution in [3.05, 3.63) is 23.8 Å². The van der Waals surface area contributed by atoms with E-state index in [1.54, 1.807) is 6.07 Å². The second-order valence-corrected chi connectivity index (χ2v) is 9.33. The molecule has 34 heavy (non-hydrogen) atoms. The highest BCUT2D eigenvalue weighted by molar-refractivity contribution is 5.76. The lowest BCUT2D eigenvalue weighted by Crippen LogP contribution is -2.47. The molecule has 1 aliphatic carbocycles. The molecule has 1 saturated heterocycles. The number of carbonyl (C=O) groups is 1. The molecule has 0 atom stereocenters. The van der Waals surface area contributed by atoms with Crippen molar-refractivity contribution in [3.63, 3.8) is 0 Å². The van der Waals surface area contributed by atoms with E-state index in [0.29, 0.717) is 44.0 Å². The van der Waals surface area contributed by atoms with Crippen LogP contribution in [0.2, 0.25) is 0 Å². The van der Waals surface area contributed by atoms with Gasteiger partial charge in [-0.25, -0.2) is 0 Å². The number of ether oxygens (including phenoxy) is 1. The van der Waals surface area contributed by atoms with Crippen LogP contribution >= 0.6 is 0 Å². The molecule has 6 nitrogen and oxygen atoms in total. The topological polar surface area (TPSA) is 68.6 Å². The Hall–Kier alpha value is -2.47. The van der Waals surface area contributed by atoms with Gasteiger partial charge in [-0.1, -0.05) is 0 Å². The first-order valence-corrected chi connectivity index (χ1v) is 12.2. The van der Waals surface area contributed by atoms with E-state index >= 15 is 0 Å². The zero-order valence-electron chi connectivity index (χ0n) is 19.9. The molecule has 0 aromatic heterocycles. The Morgan fingerprint density at radius 1 is 1.15 bits per heavy atom. The van der Waals surface area contributed by atoms with E-state index in [-0.39, 0.29) is 17.7 Å². The van der Waals surface area contributed by atoms with Crippen molar-refractivity contribution in [1.82, 2.24) is 10.2 Å². The zero-order valence-corrected chi connectivity index (χ0v) is 19.9. The Morgan fingerprint density at radius 3 is 2.47 bits per heavy atom. The number of amides is 1. The lowest BCUT2D eigenvalue weighted by atomic mass is 9.84. The first kappa shape index (κ1) is 26.1. The van der Waals surface area contributed by atoms with Crippen LogP contribution in [0.4, 0.5) is 18.9 Å². The van der Waals surface area contributed by atoms with E-state index in [9.17, 15) is 18.0 Å². The highest BCUT2D eigenvalue weighted by Crippen LogP contribution is 2.35. The number of hydrogen-bond acceptors (Lipinski definition) is 5. The van der Waals surface area contributed by atoms with E-state index in [2.05, 4.69) is 16.3 Å². The number of piperazine rings is 1. The van der Waals surface area contributed by atoms with Crippen LogP contribution in [0.25, 0.3) is 0 Å². The van der Waals surface area contributed by atoms with Gasteiger partial charge in [0.25, 0.3) is 0 Å². The zero-order chi connectivity index (χ0) is 24.6. The largest absolute Gasteiger partial charge is 0.497 e. The van der Waals surface area contributed by atoms with Crippen molar-refractivity contribution < 1.29 is 22.7 Å². The van der Waals surface area contributed by atoms with Crippen molar-refractivity contribution >= 4 is 11.6 Å². The van der Waals surface area contributed by atoms with Crippen molar-refractivity contribution in [2.75, 3.05) is 44.7 Å². The number of halogens is 3. The van der Waals surface area contributed by atoms with Gasteiger partial charge in [0, 0.05) is 56.8 Å². The van der Waals surface area contributed by atoms with E-state index < -0.39 is 11.7 Å². The summed E-state index contributed by atoms with van der Waals surface area (Å²) in [6.07, 6.45) is 2.38. The fraction of sp³-hybridized carbons (Fsp3) is 0.680. The SMILES string of the molecule is COc1cc(N2CCN(CC[C@H]3CC[C@H](NC(=O)CCCC#N)CC3)CC2)cc(C(F)(F)F)c1. The summed E-state index contributed by atoms with van der Waals surface area (Å²) >= 11 is 0. The maximum atomic E-state index is 13.2. The van der Waals surface area contributed by atoms with Crippen LogP contribution in [-0.2, 0) is 11.0 Å². The van der Waals surface area contributed by atoms with Gasteiger partial charge in [-0.05, 0) is 63.1 Å². The minimum absolute atomic E-state index is 0.0509. The average Bonchev–Trinajstić information content (AvgIpc) is 2.83. The third kappa shape index (κ3) is 7.79. The Kier molecular flexibility index (Phi) is 9.45. The standard InChI is InChI=1S/C25H35F3N4O2/c1-34-23-17-20(25(26,27)28)16-22(18-23)32-14-12-31(13-15-32)11-9-19-5-7-21(8-6-19)30-24(33)4-2-3-10-29/h16-19,21H,2-9,11-15H2,1H3,(H,30,33)/t19-,21-. The van der Waals surface area contributed by atoms with Crippen molar-refractivity contribution in [3.8, 4) is 11.8 Å². The first-order valence-electron chi connectivity index (χ1n) is 12.2. The number of nitrogens with one attached hydrogen (secondary N) is 1. The smallest absolute Gasteiger partial charge is 0.416 e. The molecule has 2 aliphatic rings. The molecule has 2 fully saturated rings. The van der Waals surface area contributed by atoms with Gasteiger partial charge in [-0.3, -0.25) is 9.69 Å². The number of carbonyl (C=O) groups excluding carboxylic acids is 1. The van der Waals surface area contributed by atoms with E-state index in [1.807, 2.05) is 4.90 Å². The van der Waals surface area contributed by atoms with Gasteiger partial charge < -0.3 is 15.0 Å². The second-order valence-electron chi connectivity index (χ2n) is 9.33. The molecular weight excluding hydrogens is 445 g/mol. The van der Waals surface area contributed by atoms with Crippen LogP contribution < -0.4 is 15.0 Å². The monoisotopic (exact) mass is 480 g/mol. The lowest BCUT2D eigenvalue weighted by molar-refractivity contribution is -0.137. The normalized spacial score (nSPS) is 21.7.